The van der Waals surface area contributed by atoms with Gasteiger partial charge in [-0.25, -0.2) is 8.78 Å². The topological polar surface area (TPSA) is 21.3 Å². The number of hydrogen-bond acceptors (Lipinski definition) is 2. The van der Waals surface area contributed by atoms with Gasteiger partial charge in [-0.2, -0.15) is 0 Å². The fraction of sp³-hybridized carbons (Fsp3) is 0.250. The Morgan fingerprint density at radius 2 is 1.76 bits per heavy atom. The monoisotopic (exact) mass is 355 g/mol. The first kappa shape index (κ1) is 15.9. The van der Waals surface area contributed by atoms with E-state index in [-0.39, 0.29) is 11.3 Å². The molecule has 0 spiro atoms. The summed E-state index contributed by atoms with van der Waals surface area (Å²) in [6.07, 6.45) is 0. The predicted molar refractivity (Wildman–Crippen MR) is 82.7 cm³/mol. The zero-order valence-corrected chi connectivity index (χ0v) is 13.6. The average Bonchev–Trinajstić information content (AvgIpc) is 2.45. The lowest BCUT2D eigenvalue weighted by Gasteiger charge is -2.20. The van der Waals surface area contributed by atoms with E-state index in [1.807, 2.05) is 25.1 Å². The molecule has 0 aliphatic carbocycles. The summed E-state index contributed by atoms with van der Waals surface area (Å²) in [7, 11) is 3.04. The maximum Gasteiger partial charge on any atom is 0.134 e. The van der Waals surface area contributed by atoms with Gasteiger partial charge in [0, 0.05) is 22.2 Å². The van der Waals surface area contributed by atoms with Crippen molar-refractivity contribution in [1.29, 1.82) is 0 Å². The number of methoxy groups -OCH3 is 1. The molecular formula is C16H16BrF2NO. The molecule has 2 rings (SSSR count). The lowest BCUT2D eigenvalue weighted by molar-refractivity contribution is 0.403. The highest BCUT2D eigenvalue weighted by Crippen LogP contribution is 2.31. The summed E-state index contributed by atoms with van der Waals surface area (Å²) in [5, 5.41) is 2.96. The molecule has 5 heteroatoms. The Kier molecular flexibility index (Phi) is 4.96. The quantitative estimate of drug-likeness (QED) is 0.879. The van der Waals surface area contributed by atoms with Crippen LogP contribution in [0.4, 0.5) is 8.78 Å². The smallest absolute Gasteiger partial charge is 0.134 e. The molecule has 0 fully saturated rings. The number of nitrogens with one attached hydrogen (secondary N) is 1. The van der Waals surface area contributed by atoms with Gasteiger partial charge in [0.25, 0.3) is 0 Å². The molecular weight excluding hydrogens is 340 g/mol. The van der Waals surface area contributed by atoms with Crippen LogP contribution < -0.4 is 10.1 Å². The van der Waals surface area contributed by atoms with Gasteiger partial charge in [-0.1, -0.05) is 28.1 Å². The van der Waals surface area contributed by atoms with Crippen molar-refractivity contribution in [3.8, 4) is 5.75 Å². The summed E-state index contributed by atoms with van der Waals surface area (Å²) in [6, 6.07) is 7.42. The average molecular weight is 356 g/mol. The first-order chi connectivity index (χ1) is 9.97. The number of hydrogen-bond donors (Lipinski definition) is 1. The Morgan fingerprint density at radius 1 is 1.14 bits per heavy atom. The van der Waals surface area contributed by atoms with Gasteiger partial charge in [-0.15, -0.1) is 0 Å². The number of aryl methyl sites for hydroxylation is 1. The molecule has 1 N–H and O–H groups in total. The molecule has 2 aromatic rings. The zero-order valence-electron chi connectivity index (χ0n) is 12.0. The summed E-state index contributed by atoms with van der Waals surface area (Å²) in [4.78, 5) is 0. The Hall–Kier alpha value is -1.46. The van der Waals surface area contributed by atoms with Crippen LogP contribution in [-0.4, -0.2) is 14.2 Å². The minimum absolute atomic E-state index is 0.0194. The van der Waals surface area contributed by atoms with E-state index in [4.69, 9.17) is 4.74 Å². The molecule has 0 radical (unpaired) electrons. The van der Waals surface area contributed by atoms with Gasteiger partial charge >= 0.3 is 0 Å². The molecule has 2 aromatic carbocycles. The van der Waals surface area contributed by atoms with Crippen molar-refractivity contribution < 1.29 is 13.5 Å². The van der Waals surface area contributed by atoms with Crippen molar-refractivity contribution in [2.24, 2.45) is 0 Å². The third kappa shape index (κ3) is 3.24. The molecule has 0 saturated heterocycles. The van der Waals surface area contributed by atoms with Crippen molar-refractivity contribution in [2.45, 2.75) is 13.0 Å². The maximum atomic E-state index is 14.2. The SMILES string of the molecule is CNC(c1ccc(C)c(Br)c1)c1c(F)cc(OC)cc1F. The van der Waals surface area contributed by atoms with Gasteiger partial charge in [0.1, 0.15) is 17.4 Å². The van der Waals surface area contributed by atoms with E-state index in [1.54, 1.807) is 7.05 Å². The first-order valence-electron chi connectivity index (χ1n) is 6.44. The fourth-order valence-corrected chi connectivity index (χ4v) is 2.62. The van der Waals surface area contributed by atoms with E-state index in [2.05, 4.69) is 21.2 Å². The van der Waals surface area contributed by atoms with E-state index in [9.17, 15) is 8.78 Å². The third-order valence-corrected chi connectivity index (χ3v) is 4.25. The second-order valence-electron chi connectivity index (χ2n) is 4.74. The number of halogens is 3. The number of benzene rings is 2. The van der Waals surface area contributed by atoms with Crippen LogP contribution in [0.15, 0.2) is 34.8 Å². The molecule has 21 heavy (non-hydrogen) atoms. The van der Waals surface area contributed by atoms with Gasteiger partial charge in [-0.05, 0) is 31.2 Å². The van der Waals surface area contributed by atoms with Crippen LogP contribution in [0.5, 0.6) is 5.75 Å². The minimum atomic E-state index is -0.636. The second-order valence-corrected chi connectivity index (χ2v) is 5.59. The van der Waals surface area contributed by atoms with Gasteiger partial charge in [-0.3, -0.25) is 0 Å². The van der Waals surface area contributed by atoms with Crippen molar-refractivity contribution in [3.05, 3.63) is 63.1 Å². The Morgan fingerprint density at radius 3 is 2.24 bits per heavy atom. The van der Waals surface area contributed by atoms with E-state index < -0.39 is 17.7 Å². The van der Waals surface area contributed by atoms with E-state index in [0.717, 1.165) is 15.6 Å². The Labute approximate surface area is 131 Å². The van der Waals surface area contributed by atoms with Crippen LogP contribution >= 0.6 is 15.9 Å². The molecule has 0 heterocycles. The standard InChI is InChI=1S/C16H16BrF2NO/c1-9-4-5-10(6-12(9)17)16(20-2)15-13(18)7-11(21-3)8-14(15)19/h4-8,16,20H,1-3H3. The van der Waals surface area contributed by atoms with Crippen molar-refractivity contribution in [3.63, 3.8) is 0 Å². The number of ether oxygens (including phenoxy) is 1. The molecule has 0 aliphatic rings. The van der Waals surface area contributed by atoms with Crippen LogP contribution in [0.2, 0.25) is 0 Å². The van der Waals surface area contributed by atoms with Gasteiger partial charge in [0.05, 0.1) is 13.2 Å². The Bertz CT molecular complexity index is 638. The van der Waals surface area contributed by atoms with E-state index in [1.165, 1.54) is 19.2 Å². The highest BCUT2D eigenvalue weighted by molar-refractivity contribution is 9.10. The molecule has 0 aromatic heterocycles. The molecule has 0 bridgehead atoms. The zero-order chi connectivity index (χ0) is 15.6. The third-order valence-electron chi connectivity index (χ3n) is 3.39. The molecule has 0 amide bonds. The minimum Gasteiger partial charge on any atom is -0.497 e. The highest BCUT2D eigenvalue weighted by Gasteiger charge is 2.22. The van der Waals surface area contributed by atoms with Crippen molar-refractivity contribution >= 4 is 15.9 Å². The summed E-state index contributed by atoms with van der Waals surface area (Å²) < 4.78 is 34.2. The van der Waals surface area contributed by atoms with Crippen LogP contribution in [0.1, 0.15) is 22.7 Å². The molecule has 2 nitrogen and oxygen atoms in total. The molecule has 112 valence electrons. The van der Waals surface area contributed by atoms with Crippen molar-refractivity contribution in [2.75, 3.05) is 14.2 Å². The maximum absolute atomic E-state index is 14.2. The highest BCUT2D eigenvalue weighted by atomic mass is 79.9. The second kappa shape index (κ2) is 6.54. The largest absolute Gasteiger partial charge is 0.497 e. The van der Waals surface area contributed by atoms with Gasteiger partial charge in [0.2, 0.25) is 0 Å². The summed E-state index contributed by atoms with van der Waals surface area (Å²) >= 11 is 3.44. The fourth-order valence-electron chi connectivity index (χ4n) is 2.22. The van der Waals surface area contributed by atoms with Gasteiger partial charge in [0.15, 0.2) is 0 Å². The molecule has 0 saturated carbocycles. The Balaban J connectivity index is 2.53. The molecule has 0 aliphatic heterocycles. The summed E-state index contributed by atoms with van der Waals surface area (Å²) in [6.45, 7) is 1.96. The number of rotatable bonds is 4. The van der Waals surface area contributed by atoms with Crippen LogP contribution in [0.25, 0.3) is 0 Å². The molecule has 1 unspecified atom stereocenters. The summed E-state index contributed by atoms with van der Waals surface area (Å²) in [5.41, 5.74) is 1.82. The van der Waals surface area contributed by atoms with Crippen LogP contribution in [-0.2, 0) is 0 Å². The molecule has 1 atom stereocenters. The van der Waals surface area contributed by atoms with Crippen LogP contribution in [0, 0.1) is 18.6 Å². The van der Waals surface area contributed by atoms with Gasteiger partial charge < -0.3 is 10.1 Å². The first-order valence-corrected chi connectivity index (χ1v) is 7.23. The summed E-state index contributed by atoms with van der Waals surface area (Å²) in [5.74, 6) is -1.11. The van der Waals surface area contributed by atoms with Crippen LogP contribution in [0.3, 0.4) is 0 Å². The lowest BCUT2D eigenvalue weighted by Crippen LogP contribution is -2.20. The van der Waals surface area contributed by atoms with Crippen molar-refractivity contribution in [1.82, 2.24) is 5.32 Å². The van der Waals surface area contributed by atoms with E-state index >= 15 is 0 Å². The lowest BCUT2D eigenvalue weighted by atomic mass is 9.97. The van der Waals surface area contributed by atoms with E-state index in [0.29, 0.717) is 0 Å². The normalized spacial score (nSPS) is 12.3. The predicted octanol–water partition coefficient (Wildman–Crippen LogP) is 4.35.